The number of benzene rings is 1. The lowest BCUT2D eigenvalue weighted by Crippen LogP contribution is -2.30. The zero-order chi connectivity index (χ0) is 19.9. The molecule has 0 bridgehead atoms. The second-order valence-electron chi connectivity index (χ2n) is 8.11. The largest absolute Gasteiger partial charge is 0.339 e. The van der Waals surface area contributed by atoms with Crippen molar-refractivity contribution in [3.05, 3.63) is 40.7 Å². The lowest BCUT2D eigenvalue weighted by Gasteiger charge is -2.24. The molecule has 0 aliphatic carbocycles. The summed E-state index contributed by atoms with van der Waals surface area (Å²) in [5, 5.41) is 18.9. The Morgan fingerprint density at radius 3 is 2.75 bits per heavy atom. The van der Waals surface area contributed by atoms with Gasteiger partial charge in [-0.25, -0.2) is 14.6 Å². The fourth-order valence-electron chi connectivity index (χ4n) is 3.43. The first-order chi connectivity index (χ1) is 13.4. The van der Waals surface area contributed by atoms with Crippen LogP contribution >= 0.6 is 11.6 Å². The predicted octanol–water partition coefficient (Wildman–Crippen LogP) is 3.71. The molecule has 28 heavy (non-hydrogen) atoms. The summed E-state index contributed by atoms with van der Waals surface area (Å²) in [5.41, 5.74) is 2.00. The van der Waals surface area contributed by atoms with Crippen LogP contribution < -0.4 is 4.90 Å². The van der Waals surface area contributed by atoms with Gasteiger partial charge in [0.15, 0.2) is 17.0 Å². The van der Waals surface area contributed by atoms with Crippen LogP contribution in [0.1, 0.15) is 45.0 Å². The van der Waals surface area contributed by atoms with E-state index in [0.29, 0.717) is 34.4 Å². The van der Waals surface area contributed by atoms with Crippen LogP contribution in [0.15, 0.2) is 24.3 Å². The molecule has 7 nitrogen and oxygen atoms in total. The molecule has 1 fully saturated rings. The van der Waals surface area contributed by atoms with Gasteiger partial charge in [0.25, 0.3) is 0 Å². The molecule has 1 atom stereocenters. The molecule has 2 aromatic heterocycles. The van der Waals surface area contributed by atoms with Crippen LogP contribution in [0.3, 0.4) is 0 Å². The first-order valence-corrected chi connectivity index (χ1v) is 9.77. The predicted molar refractivity (Wildman–Crippen MR) is 108 cm³/mol. The average molecular weight is 396 g/mol. The van der Waals surface area contributed by atoms with Crippen LogP contribution in [0, 0.1) is 11.3 Å². The lowest BCUT2D eigenvalue weighted by atomic mass is 9.95. The molecule has 3 heterocycles. The van der Waals surface area contributed by atoms with Crippen molar-refractivity contribution in [1.82, 2.24) is 25.0 Å². The highest BCUT2D eigenvalue weighted by Crippen LogP contribution is 2.31. The standard InChI is InChI=1S/C20H22ClN7/c1-20(2,3)19-23-17(27-10-6-8-14(27)11-22)16-18(24-19)28(26-25-16)12-13-7-4-5-9-15(13)21/h4-5,7,9,14H,6,8,10,12H2,1-3H3/t14-/m0/s1. The minimum atomic E-state index is -0.246. The molecule has 1 aliphatic rings. The van der Waals surface area contributed by atoms with Gasteiger partial charge in [-0.05, 0) is 24.5 Å². The number of fused-ring (bicyclic) bond motifs is 1. The van der Waals surface area contributed by atoms with Gasteiger partial charge in [-0.15, -0.1) is 5.10 Å². The summed E-state index contributed by atoms with van der Waals surface area (Å²) in [6.45, 7) is 7.48. The maximum atomic E-state index is 9.54. The van der Waals surface area contributed by atoms with E-state index in [1.807, 2.05) is 29.2 Å². The normalized spacial score (nSPS) is 17.2. The third kappa shape index (κ3) is 3.29. The minimum Gasteiger partial charge on any atom is -0.339 e. The van der Waals surface area contributed by atoms with Crippen LogP contribution in [0.4, 0.5) is 5.82 Å². The van der Waals surface area contributed by atoms with Crippen LogP contribution in [-0.2, 0) is 12.0 Å². The maximum absolute atomic E-state index is 9.54. The summed E-state index contributed by atoms with van der Waals surface area (Å²) < 4.78 is 1.76. The molecule has 4 rings (SSSR count). The molecule has 0 spiro atoms. The van der Waals surface area contributed by atoms with Crippen LogP contribution in [0.2, 0.25) is 5.02 Å². The summed E-state index contributed by atoms with van der Waals surface area (Å²) >= 11 is 6.33. The second-order valence-corrected chi connectivity index (χ2v) is 8.52. The number of nitrogens with zero attached hydrogens (tertiary/aromatic N) is 7. The van der Waals surface area contributed by atoms with E-state index in [1.165, 1.54) is 0 Å². The Labute approximate surface area is 169 Å². The Kier molecular flexibility index (Phi) is 4.68. The van der Waals surface area contributed by atoms with Crippen molar-refractivity contribution in [2.45, 2.75) is 51.6 Å². The molecule has 3 aromatic rings. The number of halogens is 1. The topological polar surface area (TPSA) is 83.5 Å². The van der Waals surface area contributed by atoms with E-state index < -0.39 is 0 Å². The first-order valence-electron chi connectivity index (χ1n) is 9.40. The minimum absolute atomic E-state index is 0.195. The van der Waals surface area contributed by atoms with Crippen LogP contribution in [0.5, 0.6) is 0 Å². The molecule has 0 N–H and O–H groups in total. The summed E-state index contributed by atoms with van der Waals surface area (Å²) in [6.07, 6.45) is 1.79. The van der Waals surface area contributed by atoms with E-state index in [4.69, 9.17) is 21.6 Å². The van der Waals surface area contributed by atoms with Gasteiger partial charge < -0.3 is 4.90 Å². The van der Waals surface area contributed by atoms with Crippen molar-refractivity contribution in [2.24, 2.45) is 0 Å². The van der Waals surface area contributed by atoms with Gasteiger partial charge in [0.05, 0.1) is 12.6 Å². The SMILES string of the molecule is CC(C)(C)c1nc(N2CCC[C@H]2C#N)c2nnn(Cc3ccccc3Cl)c2n1. The first kappa shape index (κ1) is 18.6. The summed E-state index contributed by atoms with van der Waals surface area (Å²) in [6, 6.07) is 9.86. The number of rotatable bonds is 3. The van der Waals surface area contributed by atoms with Crippen LogP contribution in [0.25, 0.3) is 11.2 Å². The monoisotopic (exact) mass is 395 g/mol. The highest BCUT2D eigenvalue weighted by atomic mass is 35.5. The van der Waals surface area contributed by atoms with Gasteiger partial charge >= 0.3 is 0 Å². The Morgan fingerprint density at radius 2 is 2.04 bits per heavy atom. The van der Waals surface area contributed by atoms with Crippen molar-refractivity contribution in [2.75, 3.05) is 11.4 Å². The highest BCUT2D eigenvalue weighted by molar-refractivity contribution is 6.31. The highest BCUT2D eigenvalue weighted by Gasteiger charge is 2.31. The van der Waals surface area contributed by atoms with E-state index >= 15 is 0 Å². The van der Waals surface area contributed by atoms with Gasteiger partial charge in [0.1, 0.15) is 11.9 Å². The molecule has 1 aromatic carbocycles. The van der Waals surface area contributed by atoms with Crippen LogP contribution in [-0.4, -0.2) is 37.5 Å². The fraction of sp³-hybridized carbons (Fsp3) is 0.450. The molecular formula is C20H22ClN7. The van der Waals surface area contributed by atoms with E-state index in [-0.39, 0.29) is 11.5 Å². The Bertz CT molecular complexity index is 1060. The van der Waals surface area contributed by atoms with Gasteiger partial charge in [-0.3, -0.25) is 0 Å². The molecule has 8 heteroatoms. The number of hydrogen-bond donors (Lipinski definition) is 0. The fourth-order valence-corrected chi connectivity index (χ4v) is 3.62. The van der Waals surface area contributed by atoms with E-state index in [1.54, 1.807) is 4.68 Å². The number of hydrogen-bond acceptors (Lipinski definition) is 6. The van der Waals surface area contributed by atoms with Crippen molar-refractivity contribution in [3.63, 3.8) is 0 Å². The molecule has 0 amide bonds. The third-order valence-corrected chi connectivity index (χ3v) is 5.34. The molecule has 1 saturated heterocycles. The Balaban J connectivity index is 1.87. The van der Waals surface area contributed by atoms with Gasteiger partial charge in [-0.2, -0.15) is 5.26 Å². The van der Waals surface area contributed by atoms with E-state index in [2.05, 4.69) is 37.2 Å². The summed E-state index contributed by atoms with van der Waals surface area (Å²) in [4.78, 5) is 11.6. The van der Waals surface area contributed by atoms with Crippen molar-refractivity contribution < 1.29 is 0 Å². The average Bonchev–Trinajstić information content (AvgIpc) is 3.29. The number of aromatic nitrogens is 5. The quantitative estimate of drug-likeness (QED) is 0.672. The molecule has 0 saturated carbocycles. The molecule has 1 aliphatic heterocycles. The van der Waals surface area contributed by atoms with Crippen molar-refractivity contribution >= 4 is 28.6 Å². The third-order valence-electron chi connectivity index (χ3n) is 4.97. The number of anilines is 1. The van der Waals surface area contributed by atoms with Gasteiger partial charge in [-0.1, -0.05) is 55.8 Å². The maximum Gasteiger partial charge on any atom is 0.184 e. The Hall–Kier alpha value is -2.72. The lowest BCUT2D eigenvalue weighted by molar-refractivity contribution is 0.544. The van der Waals surface area contributed by atoms with Crippen molar-refractivity contribution in [3.8, 4) is 6.07 Å². The summed E-state index contributed by atoms with van der Waals surface area (Å²) in [5.74, 6) is 1.41. The van der Waals surface area contributed by atoms with Crippen molar-refractivity contribution in [1.29, 1.82) is 5.26 Å². The molecule has 0 unspecified atom stereocenters. The van der Waals surface area contributed by atoms with Gasteiger partial charge in [0, 0.05) is 17.0 Å². The molecular weight excluding hydrogens is 374 g/mol. The number of nitriles is 1. The van der Waals surface area contributed by atoms with E-state index in [9.17, 15) is 5.26 Å². The Morgan fingerprint density at radius 1 is 1.25 bits per heavy atom. The summed E-state index contributed by atoms with van der Waals surface area (Å²) in [7, 11) is 0. The molecule has 0 radical (unpaired) electrons. The van der Waals surface area contributed by atoms with E-state index in [0.717, 1.165) is 24.9 Å². The zero-order valence-electron chi connectivity index (χ0n) is 16.2. The second kappa shape index (κ2) is 7.02. The van der Waals surface area contributed by atoms with Gasteiger partial charge in [0.2, 0.25) is 0 Å². The zero-order valence-corrected chi connectivity index (χ0v) is 17.0. The smallest absolute Gasteiger partial charge is 0.184 e. The molecule has 144 valence electrons.